The number of hydrogen-bond acceptors (Lipinski definition) is 2. The average molecular weight is 303 g/mol. The van der Waals surface area contributed by atoms with Crippen molar-refractivity contribution >= 4 is 28.9 Å². The highest BCUT2D eigenvalue weighted by molar-refractivity contribution is 6.39. The van der Waals surface area contributed by atoms with Gasteiger partial charge in [-0.25, -0.2) is 4.39 Å². The molecule has 0 bridgehead atoms. The van der Waals surface area contributed by atoms with E-state index >= 15 is 0 Å². The number of benzene rings is 1. The average Bonchev–Trinajstić information content (AvgIpc) is 2.37. The molecule has 1 unspecified atom stereocenters. The minimum atomic E-state index is -0.380. The Labute approximate surface area is 123 Å². The van der Waals surface area contributed by atoms with Gasteiger partial charge in [-0.3, -0.25) is 4.90 Å². The second-order valence-corrected chi connectivity index (χ2v) is 6.16. The van der Waals surface area contributed by atoms with Gasteiger partial charge in [0.15, 0.2) is 0 Å². The molecule has 2 saturated heterocycles. The van der Waals surface area contributed by atoms with Gasteiger partial charge in [-0.2, -0.15) is 0 Å². The van der Waals surface area contributed by atoms with Crippen molar-refractivity contribution in [2.75, 3.05) is 31.1 Å². The minimum Gasteiger partial charge on any atom is -0.366 e. The molecule has 1 atom stereocenters. The van der Waals surface area contributed by atoms with Gasteiger partial charge in [0.05, 0.1) is 15.7 Å². The first-order chi connectivity index (χ1) is 9.15. The molecule has 0 N–H and O–H groups in total. The van der Waals surface area contributed by atoms with Crippen molar-refractivity contribution in [2.45, 2.75) is 25.3 Å². The molecule has 2 fully saturated rings. The molecule has 0 spiro atoms. The third-order valence-corrected chi connectivity index (χ3v) is 4.71. The maximum atomic E-state index is 13.2. The van der Waals surface area contributed by atoms with Crippen LogP contribution in [0.3, 0.4) is 0 Å². The fraction of sp³-hybridized carbons (Fsp3) is 0.571. The summed E-state index contributed by atoms with van der Waals surface area (Å²) in [5, 5.41) is 0.823. The van der Waals surface area contributed by atoms with Gasteiger partial charge in [0.25, 0.3) is 0 Å². The Morgan fingerprint density at radius 3 is 2.53 bits per heavy atom. The second kappa shape index (κ2) is 5.47. The lowest BCUT2D eigenvalue weighted by Gasteiger charge is -2.45. The van der Waals surface area contributed by atoms with Crippen LogP contribution in [0.25, 0.3) is 0 Å². The van der Waals surface area contributed by atoms with Crippen LogP contribution in [0, 0.1) is 5.82 Å². The molecule has 3 rings (SSSR count). The SMILES string of the molecule is Fc1cc(Cl)c(N2CCN3CCCCC3C2)c(Cl)c1. The monoisotopic (exact) mass is 302 g/mol. The van der Waals surface area contributed by atoms with Crippen molar-refractivity contribution in [1.82, 2.24) is 4.90 Å². The van der Waals surface area contributed by atoms with E-state index in [1.165, 1.54) is 37.9 Å². The van der Waals surface area contributed by atoms with E-state index in [9.17, 15) is 4.39 Å². The Morgan fingerprint density at radius 2 is 1.79 bits per heavy atom. The lowest BCUT2D eigenvalue weighted by molar-refractivity contribution is 0.133. The van der Waals surface area contributed by atoms with E-state index in [4.69, 9.17) is 23.2 Å². The van der Waals surface area contributed by atoms with Crippen molar-refractivity contribution in [3.8, 4) is 0 Å². The summed E-state index contributed by atoms with van der Waals surface area (Å²) in [6.07, 6.45) is 3.82. The maximum absolute atomic E-state index is 13.2. The van der Waals surface area contributed by atoms with E-state index in [2.05, 4.69) is 9.80 Å². The first-order valence-electron chi connectivity index (χ1n) is 6.78. The number of nitrogens with zero attached hydrogens (tertiary/aromatic N) is 2. The van der Waals surface area contributed by atoms with E-state index in [1.807, 2.05) is 0 Å². The van der Waals surface area contributed by atoms with E-state index in [-0.39, 0.29) is 5.82 Å². The molecule has 1 aromatic carbocycles. The van der Waals surface area contributed by atoms with Gasteiger partial charge in [-0.15, -0.1) is 0 Å². The number of piperidine rings is 1. The van der Waals surface area contributed by atoms with E-state index in [1.54, 1.807) is 0 Å². The molecule has 1 aromatic rings. The Bertz CT molecular complexity index is 458. The largest absolute Gasteiger partial charge is 0.366 e. The van der Waals surface area contributed by atoms with Crippen LogP contribution in [0.4, 0.5) is 10.1 Å². The van der Waals surface area contributed by atoms with Gasteiger partial charge in [0.2, 0.25) is 0 Å². The van der Waals surface area contributed by atoms with Crippen molar-refractivity contribution < 1.29 is 4.39 Å². The van der Waals surface area contributed by atoms with Crippen LogP contribution in [0.15, 0.2) is 12.1 Å². The number of piperazine rings is 1. The molecule has 2 heterocycles. The zero-order chi connectivity index (χ0) is 13.4. The lowest BCUT2D eigenvalue weighted by atomic mass is 9.99. The van der Waals surface area contributed by atoms with Gasteiger partial charge >= 0.3 is 0 Å². The first-order valence-corrected chi connectivity index (χ1v) is 7.54. The maximum Gasteiger partial charge on any atom is 0.126 e. The zero-order valence-corrected chi connectivity index (χ0v) is 12.2. The van der Waals surface area contributed by atoms with Gasteiger partial charge in [0.1, 0.15) is 5.82 Å². The van der Waals surface area contributed by atoms with Crippen LogP contribution in [-0.4, -0.2) is 37.1 Å². The third-order valence-electron chi connectivity index (χ3n) is 4.14. The fourth-order valence-corrected chi connectivity index (χ4v) is 3.90. The van der Waals surface area contributed by atoms with Gasteiger partial charge < -0.3 is 4.90 Å². The van der Waals surface area contributed by atoms with Gasteiger partial charge in [0, 0.05) is 25.7 Å². The molecule has 2 nitrogen and oxygen atoms in total. The molecule has 2 aliphatic rings. The molecular formula is C14H17Cl2FN2. The lowest BCUT2D eigenvalue weighted by Crippen LogP contribution is -2.55. The summed E-state index contributed by atoms with van der Waals surface area (Å²) >= 11 is 12.3. The van der Waals surface area contributed by atoms with Gasteiger partial charge in [-0.05, 0) is 31.5 Å². The molecule has 2 aliphatic heterocycles. The highest BCUT2D eigenvalue weighted by Gasteiger charge is 2.30. The van der Waals surface area contributed by atoms with Crippen LogP contribution in [0.2, 0.25) is 10.0 Å². The van der Waals surface area contributed by atoms with Crippen LogP contribution in [0.1, 0.15) is 19.3 Å². The van der Waals surface area contributed by atoms with Crippen LogP contribution in [0.5, 0.6) is 0 Å². The predicted molar refractivity (Wildman–Crippen MR) is 77.8 cm³/mol. The van der Waals surface area contributed by atoms with Crippen LogP contribution in [-0.2, 0) is 0 Å². The number of anilines is 1. The molecule has 5 heteroatoms. The van der Waals surface area contributed by atoms with Crippen LogP contribution >= 0.6 is 23.2 Å². The van der Waals surface area contributed by atoms with Crippen LogP contribution < -0.4 is 4.90 Å². The molecular weight excluding hydrogens is 286 g/mol. The summed E-state index contributed by atoms with van der Waals surface area (Å²) < 4.78 is 13.2. The molecule has 0 saturated carbocycles. The van der Waals surface area contributed by atoms with Crippen molar-refractivity contribution in [3.05, 3.63) is 28.0 Å². The topological polar surface area (TPSA) is 6.48 Å². The highest BCUT2D eigenvalue weighted by atomic mass is 35.5. The molecule has 104 valence electrons. The van der Waals surface area contributed by atoms with E-state index < -0.39 is 0 Å². The second-order valence-electron chi connectivity index (χ2n) is 5.35. The Balaban J connectivity index is 1.83. The molecule has 0 aromatic heterocycles. The summed E-state index contributed by atoms with van der Waals surface area (Å²) in [4.78, 5) is 4.75. The smallest absolute Gasteiger partial charge is 0.126 e. The standard InChI is InChI=1S/C14H17Cl2FN2/c15-12-7-10(17)8-13(16)14(12)19-6-5-18-4-2-1-3-11(18)9-19/h7-8,11H,1-6,9H2. The molecule has 19 heavy (non-hydrogen) atoms. The summed E-state index contributed by atoms with van der Waals surface area (Å²) in [6, 6.07) is 3.27. The fourth-order valence-electron chi connectivity index (χ4n) is 3.20. The summed E-state index contributed by atoms with van der Waals surface area (Å²) in [5.41, 5.74) is 0.787. The van der Waals surface area contributed by atoms with E-state index in [0.717, 1.165) is 25.3 Å². The zero-order valence-electron chi connectivity index (χ0n) is 10.7. The Hall–Kier alpha value is -0.510. The predicted octanol–water partition coefficient (Wildman–Crippen LogP) is 3.81. The molecule has 0 radical (unpaired) electrons. The van der Waals surface area contributed by atoms with E-state index in [0.29, 0.717) is 16.1 Å². The highest BCUT2D eigenvalue weighted by Crippen LogP contribution is 2.36. The third kappa shape index (κ3) is 2.69. The quantitative estimate of drug-likeness (QED) is 0.778. The summed E-state index contributed by atoms with van der Waals surface area (Å²) in [5.74, 6) is -0.380. The number of rotatable bonds is 1. The van der Waals surface area contributed by atoms with Gasteiger partial charge in [-0.1, -0.05) is 29.6 Å². The first kappa shape index (κ1) is 13.5. The number of fused-ring (bicyclic) bond motifs is 1. The number of hydrogen-bond donors (Lipinski definition) is 0. The minimum absolute atomic E-state index is 0.380. The number of halogens is 3. The normalized spacial score (nSPS) is 24.4. The summed E-state index contributed by atoms with van der Waals surface area (Å²) in [7, 11) is 0. The Morgan fingerprint density at radius 1 is 1.05 bits per heavy atom. The molecule has 0 aliphatic carbocycles. The van der Waals surface area contributed by atoms with Crippen molar-refractivity contribution in [2.24, 2.45) is 0 Å². The summed E-state index contributed by atoms with van der Waals surface area (Å²) in [6.45, 7) is 4.07. The molecule has 0 amide bonds. The van der Waals surface area contributed by atoms with Crippen molar-refractivity contribution in [3.63, 3.8) is 0 Å². The Kier molecular flexibility index (Phi) is 3.88. The van der Waals surface area contributed by atoms with Crippen molar-refractivity contribution in [1.29, 1.82) is 0 Å².